The zero-order valence-corrected chi connectivity index (χ0v) is 26.8. The van der Waals surface area contributed by atoms with Gasteiger partial charge < -0.3 is 10.4 Å². The van der Waals surface area contributed by atoms with Crippen molar-refractivity contribution in [1.29, 1.82) is 0 Å². The third-order valence-corrected chi connectivity index (χ3v) is 14.2. The summed E-state index contributed by atoms with van der Waals surface area (Å²) in [6.45, 7) is 18.7. The van der Waals surface area contributed by atoms with Crippen LogP contribution in [0.2, 0.25) is 0 Å². The van der Waals surface area contributed by atoms with E-state index in [0.29, 0.717) is 29.7 Å². The van der Waals surface area contributed by atoms with Crippen LogP contribution in [0.1, 0.15) is 122 Å². The number of Topliss-reactive ketones (excluding diaryl/α,β-unsaturated/α-hetero) is 1. The fourth-order valence-electron chi connectivity index (χ4n) is 11.9. The largest absolute Gasteiger partial charge is 0.393 e. The fraction of sp³-hybridized carbons (Fsp3) is 0.730. The second kappa shape index (κ2) is 9.28. The minimum absolute atomic E-state index is 0.0436. The number of amides is 1. The van der Waals surface area contributed by atoms with Crippen LogP contribution in [-0.2, 0) is 4.79 Å². The van der Waals surface area contributed by atoms with E-state index in [0.717, 1.165) is 43.2 Å². The number of rotatable bonds is 3. The molecule has 0 spiro atoms. The molecule has 0 heterocycles. The summed E-state index contributed by atoms with van der Waals surface area (Å²) in [6.07, 6.45) is 8.68. The van der Waals surface area contributed by atoms with E-state index in [9.17, 15) is 14.7 Å². The molecule has 0 saturated heterocycles. The normalized spacial score (nSPS) is 43.2. The van der Waals surface area contributed by atoms with E-state index in [2.05, 4.69) is 53.8 Å². The first-order chi connectivity index (χ1) is 19.1. The Morgan fingerprint density at radius 1 is 0.902 bits per heavy atom. The lowest BCUT2D eigenvalue weighted by atomic mass is 9.33. The molecule has 8 atom stereocenters. The minimum atomic E-state index is -0.568. The smallest absolute Gasteiger partial charge is 0.252 e. The monoisotopic (exact) mass is 559 g/mol. The molecule has 4 nitrogen and oxygen atoms in total. The van der Waals surface area contributed by atoms with E-state index in [1.54, 1.807) is 0 Å². The summed E-state index contributed by atoms with van der Waals surface area (Å²) in [6, 6.07) is 7.80. The number of aliphatic hydroxyl groups is 1. The van der Waals surface area contributed by atoms with Gasteiger partial charge in [0.15, 0.2) is 5.78 Å². The first-order valence-corrected chi connectivity index (χ1v) is 16.5. The second-order valence-electron chi connectivity index (χ2n) is 16.4. The number of hydrogen-bond acceptors (Lipinski definition) is 3. The van der Waals surface area contributed by atoms with Crippen molar-refractivity contribution < 1.29 is 14.7 Å². The van der Waals surface area contributed by atoms with Gasteiger partial charge in [-0.1, -0.05) is 66.7 Å². The Balaban J connectivity index is 1.42. The van der Waals surface area contributed by atoms with Crippen molar-refractivity contribution in [2.24, 2.45) is 45.3 Å². The van der Waals surface area contributed by atoms with Gasteiger partial charge >= 0.3 is 0 Å². The Morgan fingerprint density at radius 2 is 1.61 bits per heavy atom. The number of aliphatic hydroxyl groups excluding tert-OH is 1. The molecule has 1 amide bonds. The van der Waals surface area contributed by atoms with Gasteiger partial charge in [0.1, 0.15) is 0 Å². The Bertz CT molecular complexity index is 1310. The Kier molecular flexibility index (Phi) is 6.60. The van der Waals surface area contributed by atoms with Crippen molar-refractivity contribution in [3.63, 3.8) is 0 Å². The third kappa shape index (κ3) is 3.80. The summed E-state index contributed by atoms with van der Waals surface area (Å²) in [5, 5.41) is 14.5. The number of hydrogen-bond donors (Lipinski definition) is 2. The number of carbonyl (C=O) groups is 2. The van der Waals surface area contributed by atoms with Crippen molar-refractivity contribution in [3.05, 3.63) is 46.5 Å². The van der Waals surface area contributed by atoms with Crippen molar-refractivity contribution in [2.45, 2.75) is 125 Å². The molecule has 2 N–H and O–H groups in total. The molecule has 1 aromatic rings. The molecule has 0 unspecified atom stereocenters. The van der Waals surface area contributed by atoms with E-state index in [4.69, 9.17) is 0 Å². The van der Waals surface area contributed by atoms with Crippen molar-refractivity contribution >= 4 is 11.7 Å². The summed E-state index contributed by atoms with van der Waals surface area (Å²) in [5.74, 6) is 1.80. The molecule has 41 heavy (non-hydrogen) atoms. The van der Waals surface area contributed by atoms with Crippen LogP contribution in [0, 0.1) is 52.3 Å². The summed E-state index contributed by atoms with van der Waals surface area (Å²) in [7, 11) is 0. The van der Waals surface area contributed by atoms with Crippen molar-refractivity contribution in [3.8, 4) is 0 Å². The summed E-state index contributed by atoms with van der Waals surface area (Å²) < 4.78 is 0. The number of benzene rings is 1. The number of fused-ring (bicyclic) bond motifs is 7. The van der Waals surface area contributed by atoms with E-state index in [1.165, 1.54) is 24.8 Å². The van der Waals surface area contributed by atoms with Gasteiger partial charge in [0.2, 0.25) is 0 Å². The van der Waals surface area contributed by atoms with Gasteiger partial charge in [0, 0.05) is 12.0 Å². The highest BCUT2D eigenvalue weighted by atomic mass is 16.3. The SMILES string of the molecule is Cc1ccccc1C(=O)N[C@@]12CC[C@]3(C)[C@H](CC[C@@H]4[C@@]5(C)CC[C@H](O)C(C)(C)[C@@H]5CC[C@]43C)C1=C(C(C)C)C(=O)C2. The predicted octanol–water partition coefficient (Wildman–Crippen LogP) is 7.82. The standard InChI is InChI=1S/C37H53NO3/c1-22(2)30-26(39)21-37(38-32(41)24-12-10-9-11-23(24)3)20-19-35(7)25(31(30)37)13-14-28-34(6)17-16-29(40)33(4,5)27(34)15-18-36(28,35)8/h9-12,22,25,27-29,40H,13-21H2,1-8H3,(H,38,41)/t25-,27+,28-,29+,34+,35-,36-,37-/m1/s1. The van der Waals surface area contributed by atoms with Gasteiger partial charge in [-0.3, -0.25) is 9.59 Å². The van der Waals surface area contributed by atoms with E-state index >= 15 is 0 Å². The van der Waals surface area contributed by atoms with Crippen LogP contribution in [0.5, 0.6) is 0 Å². The third-order valence-electron chi connectivity index (χ3n) is 14.2. The Morgan fingerprint density at radius 3 is 2.29 bits per heavy atom. The van der Waals surface area contributed by atoms with Gasteiger partial charge in [0.25, 0.3) is 5.91 Å². The van der Waals surface area contributed by atoms with Crippen LogP contribution in [-0.4, -0.2) is 28.4 Å². The minimum Gasteiger partial charge on any atom is -0.393 e. The summed E-state index contributed by atoms with van der Waals surface area (Å²) in [5.41, 5.74) is 3.81. The predicted molar refractivity (Wildman–Crippen MR) is 164 cm³/mol. The molecule has 224 valence electrons. The number of carbonyl (C=O) groups excluding carboxylic acids is 2. The first kappa shape index (κ1) is 29.1. The zero-order valence-electron chi connectivity index (χ0n) is 26.8. The quantitative estimate of drug-likeness (QED) is 0.397. The molecule has 4 fully saturated rings. The molecule has 0 aliphatic heterocycles. The summed E-state index contributed by atoms with van der Waals surface area (Å²) in [4.78, 5) is 27.6. The number of ketones is 1. The van der Waals surface area contributed by atoms with Crippen molar-refractivity contribution in [2.75, 3.05) is 0 Å². The van der Waals surface area contributed by atoms with Crippen LogP contribution in [0.3, 0.4) is 0 Å². The summed E-state index contributed by atoms with van der Waals surface area (Å²) >= 11 is 0. The zero-order chi connectivity index (χ0) is 29.8. The maximum Gasteiger partial charge on any atom is 0.252 e. The first-order valence-electron chi connectivity index (χ1n) is 16.5. The van der Waals surface area contributed by atoms with Gasteiger partial charge in [-0.2, -0.15) is 0 Å². The molecular weight excluding hydrogens is 506 g/mol. The average molecular weight is 560 g/mol. The Labute approximate surface area is 248 Å². The van der Waals surface area contributed by atoms with Gasteiger partial charge in [0.05, 0.1) is 11.6 Å². The van der Waals surface area contributed by atoms with Crippen LogP contribution in [0.15, 0.2) is 35.4 Å². The lowest BCUT2D eigenvalue weighted by Gasteiger charge is -2.72. The fourth-order valence-corrected chi connectivity index (χ4v) is 11.9. The molecule has 4 saturated carbocycles. The van der Waals surface area contributed by atoms with Crippen LogP contribution >= 0.6 is 0 Å². The highest BCUT2D eigenvalue weighted by molar-refractivity contribution is 6.04. The lowest BCUT2D eigenvalue weighted by molar-refractivity contribution is -0.226. The van der Waals surface area contributed by atoms with E-state index < -0.39 is 5.54 Å². The lowest BCUT2D eigenvalue weighted by Crippen LogP contribution is -2.67. The average Bonchev–Trinajstić information content (AvgIpc) is 3.19. The molecule has 5 aliphatic carbocycles. The number of aryl methyl sites for hydroxylation is 1. The molecule has 6 rings (SSSR count). The van der Waals surface area contributed by atoms with Crippen LogP contribution in [0.25, 0.3) is 0 Å². The highest BCUT2D eigenvalue weighted by Crippen LogP contribution is 2.75. The molecule has 4 heteroatoms. The van der Waals surface area contributed by atoms with Crippen LogP contribution in [0.4, 0.5) is 0 Å². The maximum atomic E-state index is 13.8. The number of allylic oxidation sites excluding steroid dienone is 1. The molecule has 0 bridgehead atoms. The molecule has 0 radical (unpaired) electrons. The molecule has 0 aromatic heterocycles. The second-order valence-corrected chi connectivity index (χ2v) is 16.4. The van der Waals surface area contributed by atoms with E-state index in [1.807, 2.05) is 31.2 Å². The number of nitrogens with one attached hydrogen (secondary N) is 1. The van der Waals surface area contributed by atoms with Gasteiger partial charge in [-0.25, -0.2) is 0 Å². The maximum absolute atomic E-state index is 13.8. The highest BCUT2D eigenvalue weighted by Gasteiger charge is 2.70. The van der Waals surface area contributed by atoms with E-state index in [-0.39, 0.29) is 45.4 Å². The van der Waals surface area contributed by atoms with Gasteiger partial charge in [-0.15, -0.1) is 0 Å². The van der Waals surface area contributed by atoms with Crippen LogP contribution < -0.4 is 5.32 Å². The molecule has 1 aromatic carbocycles. The van der Waals surface area contributed by atoms with Crippen molar-refractivity contribution in [1.82, 2.24) is 5.32 Å². The topological polar surface area (TPSA) is 66.4 Å². The Hall–Kier alpha value is -1.94. The van der Waals surface area contributed by atoms with Gasteiger partial charge in [-0.05, 0) is 126 Å². The molecule has 5 aliphatic rings. The molecular formula is C37H53NO3.